The van der Waals surface area contributed by atoms with E-state index >= 15 is 0 Å². The van der Waals surface area contributed by atoms with Gasteiger partial charge in [0, 0.05) is 12.5 Å². The Hall–Kier alpha value is -1.20. The van der Waals surface area contributed by atoms with Crippen molar-refractivity contribution in [2.45, 2.75) is 13.8 Å². The van der Waals surface area contributed by atoms with Crippen molar-refractivity contribution >= 4 is 11.8 Å². The smallest absolute Gasteiger partial charge is 0.323 e. The van der Waals surface area contributed by atoms with Gasteiger partial charge in [-0.05, 0) is 0 Å². The maximum absolute atomic E-state index is 12.4. The Morgan fingerprint density at radius 1 is 1.50 bits per heavy atom. The van der Waals surface area contributed by atoms with E-state index in [-0.39, 0.29) is 5.71 Å². The van der Waals surface area contributed by atoms with Gasteiger partial charge in [0.2, 0.25) is 0 Å². The summed E-state index contributed by atoms with van der Waals surface area (Å²) in [5, 5.41) is 5.37. The Balaban J connectivity index is 4.47. The number of carbonyl (C=O) groups is 1. The maximum atomic E-state index is 12.4. The summed E-state index contributed by atoms with van der Waals surface area (Å²) in [5.41, 5.74) is -1.19. The molecule has 0 heterocycles. The van der Waals surface area contributed by atoms with Crippen LogP contribution in [-0.2, 0) is 4.84 Å². The van der Waals surface area contributed by atoms with Gasteiger partial charge in [-0.1, -0.05) is 19.0 Å². The lowest BCUT2D eigenvalue weighted by Crippen LogP contribution is -2.29. The Bertz CT molecular complexity index is 229. The fourth-order valence-corrected chi connectivity index (χ4v) is 0.548. The summed E-state index contributed by atoms with van der Waals surface area (Å²) in [6.45, 7) is 1.22. The summed E-state index contributed by atoms with van der Waals surface area (Å²) in [6, 6.07) is 0. The molecule has 0 radical (unpaired) electrons. The molecule has 4 nitrogen and oxygen atoms in total. The molecule has 0 atom stereocenters. The predicted molar refractivity (Wildman–Crippen MR) is 48.7 cm³/mol. The lowest BCUT2D eigenvalue weighted by molar-refractivity contribution is 0.150. The van der Waals surface area contributed by atoms with Gasteiger partial charge >= 0.3 is 6.09 Å². The fourth-order valence-electron chi connectivity index (χ4n) is 0.548. The van der Waals surface area contributed by atoms with Gasteiger partial charge in [0.25, 0.3) is 0 Å². The number of halogens is 2. The van der Waals surface area contributed by atoms with Crippen molar-refractivity contribution in [1.82, 2.24) is 5.32 Å². The second kappa shape index (κ2) is 5.51. The molecule has 0 aliphatic rings. The zero-order valence-electron chi connectivity index (χ0n) is 8.43. The van der Waals surface area contributed by atoms with Crippen molar-refractivity contribution in [2.75, 3.05) is 20.4 Å². The minimum Gasteiger partial charge on any atom is -0.323 e. The molecular weight excluding hydrogens is 194 g/mol. The molecule has 1 N–H and O–H groups in total. The number of nitrogens with one attached hydrogen (secondary N) is 1. The highest BCUT2D eigenvalue weighted by Crippen LogP contribution is 2.18. The minimum atomic E-state index is -1.05. The molecule has 6 heteroatoms. The van der Waals surface area contributed by atoms with Crippen LogP contribution in [-0.4, -0.2) is 32.2 Å². The maximum Gasteiger partial charge on any atom is 0.433 e. The highest BCUT2D eigenvalue weighted by molar-refractivity contribution is 5.90. The van der Waals surface area contributed by atoms with Crippen LogP contribution in [0.1, 0.15) is 13.8 Å². The zero-order chi connectivity index (χ0) is 11.2. The topological polar surface area (TPSA) is 50.7 Å². The first-order chi connectivity index (χ1) is 6.47. The number of rotatable bonds is 4. The van der Waals surface area contributed by atoms with Crippen molar-refractivity contribution in [3.8, 4) is 0 Å². The van der Waals surface area contributed by atoms with Crippen molar-refractivity contribution < 1.29 is 18.4 Å². The van der Waals surface area contributed by atoms with Crippen LogP contribution in [0.2, 0.25) is 0 Å². The van der Waals surface area contributed by atoms with Gasteiger partial charge in [-0.15, -0.1) is 0 Å². The van der Waals surface area contributed by atoms with E-state index < -0.39 is 24.9 Å². The molecule has 82 valence electrons. The summed E-state index contributed by atoms with van der Waals surface area (Å²) in [5.74, 6) is 0. The van der Waals surface area contributed by atoms with Gasteiger partial charge < -0.3 is 5.32 Å². The highest BCUT2D eigenvalue weighted by Gasteiger charge is 2.26. The second-order valence-electron chi connectivity index (χ2n) is 3.32. The minimum absolute atomic E-state index is 0.136. The van der Waals surface area contributed by atoms with Gasteiger partial charge in [-0.3, -0.25) is 9.23 Å². The molecule has 0 aromatic rings. The summed E-state index contributed by atoms with van der Waals surface area (Å²) >= 11 is 0. The van der Waals surface area contributed by atoms with E-state index in [1.165, 1.54) is 20.9 Å². The lowest BCUT2D eigenvalue weighted by Gasteiger charge is -2.19. The number of carbonyl (C=O) groups excluding carboxylic acids is 1. The number of alkyl halides is 2. The standard InChI is InChI=1S/C8H14F2N2O2/c1-8(2,5-10)6(4-9)12-14-7(13)11-3/h4-5H2,1-3H3,(H,11,13). The van der Waals surface area contributed by atoms with Gasteiger partial charge in [0.15, 0.2) is 0 Å². The molecule has 0 aliphatic carbocycles. The van der Waals surface area contributed by atoms with Crippen LogP contribution in [0.15, 0.2) is 5.16 Å². The summed E-state index contributed by atoms with van der Waals surface area (Å²) < 4.78 is 24.8. The van der Waals surface area contributed by atoms with Crippen molar-refractivity contribution in [3.63, 3.8) is 0 Å². The Labute approximate surface area is 81.3 Å². The van der Waals surface area contributed by atoms with E-state index in [9.17, 15) is 13.6 Å². The predicted octanol–water partition coefficient (Wildman–Crippen LogP) is 1.66. The molecule has 0 saturated heterocycles. The first-order valence-corrected chi connectivity index (χ1v) is 4.06. The third-order valence-corrected chi connectivity index (χ3v) is 1.68. The van der Waals surface area contributed by atoms with Crippen LogP contribution in [0.5, 0.6) is 0 Å². The monoisotopic (exact) mass is 208 g/mol. The normalized spacial score (nSPS) is 12.5. The summed E-state index contributed by atoms with van der Waals surface area (Å²) in [6.07, 6.45) is -0.814. The van der Waals surface area contributed by atoms with Crippen LogP contribution in [0, 0.1) is 5.41 Å². The average molecular weight is 208 g/mol. The van der Waals surface area contributed by atoms with E-state index in [1.54, 1.807) is 0 Å². The number of hydrogen-bond acceptors (Lipinski definition) is 3. The third kappa shape index (κ3) is 3.68. The van der Waals surface area contributed by atoms with Crippen molar-refractivity contribution in [2.24, 2.45) is 10.6 Å². The van der Waals surface area contributed by atoms with Gasteiger partial charge in [0.05, 0.1) is 12.4 Å². The fraction of sp³-hybridized carbons (Fsp3) is 0.750. The molecular formula is C8H14F2N2O2. The molecule has 1 amide bonds. The van der Waals surface area contributed by atoms with Crippen molar-refractivity contribution in [1.29, 1.82) is 0 Å². The zero-order valence-corrected chi connectivity index (χ0v) is 8.43. The molecule has 0 aromatic heterocycles. The first kappa shape index (κ1) is 12.8. The van der Waals surface area contributed by atoms with E-state index in [4.69, 9.17) is 0 Å². The molecule has 0 spiro atoms. The SMILES string of the molecule is CNC(=O)ON=C(CF)C(C)(C)CF. The summed E-state index contributed by atoms with van der Waals surface area (Å²) in [4.78, 5) is 14.9. The average Bonchev–Trinajstić information content (AvgIpc) is 2.18. The molecule has 0 rings (SSSR count). The van der Waals surface area contributed by atoms with Crippen LogP contribution in [0.4, 0.5) is 13.6 Å². The number of hydrogen-bond donors (Lipinski definition) is 1. The Morgan fingerprint density at radius 3 is 2.43 bits per heavy atom. The number of amides is 1. The van der Waals surface area contributed by atoms with Crippen LogP contribution in [0.3, 0.4) is 0 Å². The van der Waals surface area contributed by atoms with E-state index in [0.29, 0.717) is 0 Å². The largest absolute Gasteiger partial charge is 0.433 e. The third-order valence-electron chi connectivity index (χ3n) is 1.68. The van der Waals surface area contributed by atoms with Crippen LogP contribution >= 0.6 is 0 Å². The van der Waals surface area contributed by atoms with Crippen molar-refractivity contribution in [3.05, 3.63) is 0 Å². The molecule has 0 fully saturated rings. The molecule has 0 saturated carbocycles. The number of oxime groups is 1. The molecule has 0 aliphatic heterocycles. The second-order valence-corrected chi connectivity index (χ2v) is 3.32. The van der Waals surface area contributed by atoms with E-state index in [0.717, 1.165) is 0 Å². The quantitative estimate of drug-likeness (QED) is 0.434. The van der Waals surface area contributed by atoms with E-state index in [1.807, 2.05) is 0 Å². The molecule has 14 heavy (non-hydrogen) atoms. The molecule has 0 bridgehead atoms. The molecule has 0 unspecified atom stereocenters. The van der Waals surface area contributed by atoms with Gasteiger partial charge in [-0.25, -0.2) is 9.18 Å². The Kier molecular flexibility index (Phi) is 5.04. The van der Waals surface area contributed by atoms with Gasteiger partial charge in [-0.2, -0.15) is 0 Å². The Morgan fingerprint density at radius 2 is 2.07 bits per heavy atom. The van der Waals surface area contributed by atoms with Crippen LogP contribution in [0.25, 0.3) is 0 Å². The van der Waals surface area contributed by atoms with Crippen LogP contribution < -0.4 is 5.32 Å². The van der Waals surface area contributed by atoms with E-state index in [2.05, 4.69) is 15.3 Å². The summed E-state index contributed by atoms with van der Waals surface area (Å²) in [7, 11) is 1.34. The first-order valence-electron chi connectivity index (χ1n) is 4.06. The highest BCUT2D eigenvalue weighted by atomic mass is 19.1. The molecule has 0 aromatic carbocycles. The lowest BCUT2D eigenvalue weighted by atomic mass is 9.90. The van der Waals surface area contributed by atoms with Gasteiger partial charge in [0.1, 0.15) is 6.67 Å². The number of nitrogens with zero attached hydrogens (tertiary/aromatic N) is 1.